The van der Waals surface area contributed by atoms with Gasteiger partial charge in [0.2, 0.25) is 0 Å². The van der Waals surface area contributed by atoms with Gasteiger partial charge in [-0.05, 0) is 40.2 Å². The van der Waals surface area contributed by atoms with Crippen molar-refractivity contribution in [2.45, 2.75) is 13.3 Å². The van der Waals surface area contributed by atoms with Gasteiger partial charge in [0.1, 0.15) is 0 Å². The molecule has 86 valence electrons. The molecule has 0 amide bonds. The molecule has 0 saturated heterocycles. The number of hydrogen-bond donors (Lipinski definition) is 0. The summed E-state index contributed by atoms with van der Waals surface area (Å²) in [6.45, 7) is 2.06. The van der Waals surface area contributed by atoms with E-state index in [1.807, 2.05) is 16.7 Å². The number of rotatable bonds is 2. The zero-order valence-electron chi connectivity index (χ0n) is 9.44. The van der Waals surface area contributed by atoms with Crippen molar-refractivity contribution in [1.29, 1.82) is 0 Å². The predicted molar refractivity (Wildman–Crippen MR) is 82.6 cm³/mol. The summed E-state index contributed by atoms with van der Waals surface area (Å²) in [7, 11) is 0. The van der Waals surface area contributed by atoms with Gasteiger partial charge in [-0.15, -0.1) is 0 Å². The van der Waals surface area contributed by atoms with E-state index in [1.54, 1.807) is 0 Å². The molecule has 1 atom stereocenters. The Morgan fingerprint density at radius 3 is 2.71 bits per heavy atom. The molecule has 4 heteroatoms. The first-order valence-electron chi connectivity index (χ1n) is 5.35. The van der Waals surface area contributed by atoms with E-state index in [2.05, 4.69) is 70.2 Å². The van der Waals surface area contributed by atoms with Crippen molar-refractivity contribution >= 4 is 28.4 Å². The highest BCUT2D eigenvalue weighted by atomic mass is 127. The first-order valence-corrected chi connectivity index (χ1v) is 9.41. The molecule has 17 heavy (non-hydrogen) atoms. The van der Waals surface area contributed by atoms with Crippen LogP contribution in [0.2, 0.25) is 0 Å². The second-order valence-corrected chi connectivity index (χ2v) is 5.49. The molecule has 2 rings (SSSR count). The van der Waals surface area contributed by atoms with Crippen LogP contribution < -0.4 is 0 Å². The summed E-state index contributed by atoms with van der Waals surface area (Å²) in [5, 5.41) is 4.28. The van der Waals surface area contributed by atoms with Crippen LogP contribution in [-0.4, -0.2) is 9.55 Å². The van der Waals surface area contributed by atoms with Crippen LogP contribution in [0.1, 0.15) is 18.9 Å². The molecule has 0 spiro atoms. The van der Waals surface area contributed by atoms with Gasteiger partial charge in [-0.25, -0.2) is 4.45 Å². The molecule has 0 aliphatic rings. The van der Waals surface area contributed by atoms with Crippen LogP contribution >= 0.6 is 28.4 Å². The fourth-order valence-electron chi connectivity index (χ4n) is 1.50. The third-order valence-electron chi connectivity index (χ3n) is 2.31. The largest absolute Gasteiger partial charge is 0.238 e. The highest BCUT2D eigenvalue weighted by Crippen LogP contribution is 2.30. The smallest absolute Gasteiger partial charge is 0.0729 e. The maximum Gasteiger partial charge on any atom is 0.0729 e. The molecule has 2 nitrogen and oxygen atoms in total. The average molecular weight is 354 g/mol. The molecule has 0 bridgehead atoms. The summed E-state index contributed by atoms with van der Waals surface area (Å²) in [6.07, 6.45) is 3.36. The van der Waals surface area contributed by atoms with Crippen LogP contribution in [0.5, 0.6) is 0 Å². The Kier molecular flexibility index (Phi) is 4.58. The van der Waals surface area contributed by atoms with Crippen molar-refractivity contribution in [1.82, 2.24) is 9.55 Å². The van der Waals surface area contributed by atoms with Crippen molar-refractivity contribution in [3.63, 3.8) is 0 Å². The Labute approximate surface area is 116 Å². The number of halogens is 1. The van der Waals surface area contributed by atoms with Gasteiger partial charge < -0.3 is 0 Å². The second-order valence-electron chi connectivity index (χ2n) is 3.45. The number of aromatic nitrogens is 2. The van der Waals surface area contributed by atoms with Crippen LogP contribution in [0.15, 0.2) is 36.5 Å². The lowest BCUT2D eigenvalue weighted by atomic mass is 10.1. The minimum Gasteiger partial charge on any atom is -0.238 e. The quantitative estimate of drug-likeness (QED) is 0.451. The lowest BCUT2D eigenvalue weighted by molar-refractivity contribution is 1.02. The van der Waals surface area contributed by atoms with E-state index in [-0.39, 0.29) is 0 Å². The van der Waals surface area contributed by atoms with E-state index in [1.165, 1.54) is 5.56 Å². The molecule has 0 saturated carbocycles. The first-order chi connectivity index (χ1) is 8.35. The molecule has 1 aromatic carbocycles. The van der Waals surface area contributed by atoms with Gasteiger partial charge in [0.15, 0.2) is 0 Å². The van der Waals surface area contributed by atoms with Gasteiger partial charge in [-0.2, -0.15) is 5.10 Å². The lowest BCUT2D eigenvalue weighted by Crippen LogP contribution is -1.87. The topological polar surface area (TPSA) is 17.8 Å². The van der Waals surface area contributed by atoms with Crippen molar-refractivity contribution in [2.75, 3.05) is 0 Å². The molecule has 0 aliphatic carbocycles. The van der Waals surface area contributed by atoms with Gasteiger partial charge in [0, 0.05) is 23.7 Å². The SMILES string of the molecule is CCC#Cc1ccc(-c2ccnn2PI)cc1. The zero-order valence-corrected chi connectivity index (χ0v) is 12.6. The van der Waals surface area contributed by atoms with Gasteiger partial charge in [0.05, 0.1) is 12.1 Å². The van der Waals surface area contributed by atoms with Gasteiger partial charge in [0.25, 0.3) is 0 Å². The maximum absolute atomic E-state index is 4.28. The van der Waals surface area contributed by atoms with Gasteiger partial charge >= 0.3 is 0 Å². The predicted octanol–water partition coefficient (Wildman–Crippen LogP) is 4.10. The molecule has 2 aromatic rings. The molecule has 0 fully saturated rings. The molecule has 1 heterocycles. The third-order valence-corrected chi connectivity index (χ3v) is 4.20. The van der Waals surface area contributed by atoms with E-state index in [9.17, 15) is 0 Å². The molecular weight excluding hydrogens is 342 g/mol. The Hall–Kier alpha value is -0.850. The molecular formula is C13H12IN2P. The monoisotopic (exact) mass is 354 g/mol. The standard InChI is InChI=1S/C13H12IN2P/c1-2-3-4-11-5-7-12(8-6-11)13-9-10-15-16(13)17-14/h5-10,17H,2H2,1H3. The van der Waals surface area contributed by atoms with Crippen LogP contribution in [0.25, 0.3) is 11.3 Å². The summed E-state index contributed by atoms with van der Waals surface area (Å²) in [5.74, 6) is 6.20. The van der Waals surface area contributed by atoms with Crippen LogP contribution in [0, 0.1) is 11.8 Å². The average Bonchev–Trinajstić information content (AvgIpc) is 2.85. The van der Waals surface area contributed by atoms with Gasteiger partial charge in [-0.3, -0.25) is 0 Å². The summed E-state index contributed by atoms with van der Waals surface area (Å²) < 4.78 is 2.01. The fraction of sp³-hybridized carbons (Fsp3) is 0.154. The van der Waals surface area contributed by atoms with Crippen molar-refractivity contribution < 1.29 is 0 Å². The highest BCUT2D eigenvalue weighted by molar-refractivity contribution is 14.2. The molecule has 0 N–H and O–H groups in total. The van der Waals surface area contributed by atoms with Crippen LogP contribution in [0.3, 0.4) is 0 Å². The first kappa shape index (κ1) is 12.6. The van der Waals surface area contributed by atoms with E-state index in [4.69, 9.17) is 0 Å². The van der Waals surface area contributed by atoms with Gasteiger partial charge in [-0.1, -0.05) is 30.9 Å². The Bertz CT molecular complexity index is 549. The van der Waals surface area contributed by atoms with Crippen molar-refractivity contribution in [3.8, 4) is 23.1 Å². The Balaban J connectivity index is 2.29. The summed E-state index contributed by atoms with van der Waals surface area (Å²) >= 11 is 2.33. The third kappa shape index (κ3) is 3.08. The summed E-state index contributed by atoms with van der Waals surface area (Å²) in [4.78, 5) is 0. The van der Waals surface area contributed by atoms with Crippen LogP contribution in [-0.2, 0) is 0 Å². The molecule has 1 unspecified atom stereocenters. The van der Waals surface area contributed by atoms with Crippen molar-refractivity contribution in [3.05, 3.63) is 42.1 Å². The van der Waals surface area contributed by atoms with E-state index in [0.717, 1.165) is 17.7 Å². The second kappa shape index (κ2) is 6.18. The van der Waals surface area contributed by atoms with E-state index in [0.29, 0.717) is 6.37 Å². The lowest BCUT2D eigenvalue weighted by Gasteiger charge is -2.03. The van der Waals surface area contributed by atoms with Crippen molar-refractivity contribution in [2.24, 2.45) is 0 Å². The molecule has 0 radical (unpaired) electrons. The van der Waals surface area contributed by atoms with Crippen LogP contribution in [0.4, 0.5) is 0 Å². The number of benzene rings is 1. The minimum absolute atomic E-state index is 0.624. The molecule has 0 aliphatic heterocycles. The highest BCUT2D eigenvalue weighted by Gasteiger charge is 2.03. The Morgan fingerprint density at radius 1 is 1.29 bits per heavy atom. The normalized spacial score (nSPS) is 10.5. The Morgan fingerprint density at radius 2 is 2.06 bits per heavy atom. The summed E-state index contributed by atoms with van der Waals surface area (Å²) in [5.41, 5.74) is 3.42. The maximum atomic E-state index is 4.28. The number of nitrogens with zero attached hydrogens (tertiary/aromatic N) is 2. The zero-order chi connectivity index (χ0) is 12.1. The number of hydrogen-bond acceptors (Lipinski definition) is 1. The fourth-order valence-corrected chi connectivity index (χ4v) is 3.06. The molecule has 1 aromatic heterocycles. The van der Waals surface area contributed by atoms with E-state index >= 15 is 0 Å². The summed E-state index contributed by atoms with van der Waals surface area (Å²) in [6, 6.07) is 10.4. The minimum atomic E-state index is 0.624. The van der Waals surface area contributed by atoms with E-state index < -0.39 is 0 Å².